The molecule has 1 heterocycles. The molecule has 0 bridgehead atoms. The summed E-state index contributed by atoms with van der Waals surface area (Å²) in [4.78, 5) is 2.58. The molecule has 0 spiro atoms. The molecule has 0 saturated carbocycles. The van der Waals surface area contributed by atoms with Gasteiger partial charge in [0.05, 0.1) is 0 Å². The smallest absolute Gasteiger partial charge is 0.0328 e. The van der Waals surface area contributed by atoms with E-state index in [9.17, 15) is 0 Å². The molecule has 1 aromatic carbocycles. The van der Waals surface area contributed by atoms with Crippen LogP contribution in [0.25, 0.3) is 0 Å². The van der Waals surface area contributed by atoms with Crippen molar-refractivity contribution in [3.8, 4) is 0 Å². The Morgan fingerprint density at radius 1 is 1.19 bits per heavy atom. The fraction of sp³-hybridized carbons (Fsp3) is 0.684. The predicted molar refractivity (Wildman–Crippen MR) is 91.5 cm³/mol. The number of hydrogen-bond donors (Lipinski definition) is 1. The first kappa shape index (κ1) is 16.5. The van der Waals surface area contributed by atoms with Gasteiger partial charge in [-0.3, -0.25) is 4.90 Å². The predicted octanol–water partition coefficient (Wildman–Crippen LogP) is 4.24. The van der Waals surface area contributed by atoms with Crippen molar-refractivity contribution in [2.75, 3.05) is 13.1 Å². The van der Waals surface area contributed by atoms with Crippen molar-refractivity contribution in [2.45, 2.75) is 65.6 Å². The van der Waals surface area contributed by atoms with Crippen LogP contribution in [0, 0.1) is 5.41 Å². The normalized spacial score (nSPS) is 21.9. The van der Waals surface area contributed by atoms with Gasteiger partial charge in [0.2, 0.25) is 0 Å². The Kier molecular flexibility index (Phi) is 5.45. The Hall–Kier alpha value is -0.860. The minimum absolute atomic E-state index is 0.337. The van der Waals surface area contributed by atoms with Gasteiger partial charge in [-0.2, -0.15) is 0 Å². The molecule has 2 rings (SSSR count). The highest BCUT2D eigenvalue weighted by molar-refractivity contribution is 5.19. The fourth-order valence-corrected chi connectivity index (χ4v) is 3.25. The van der Waals surface area contributed by atoms with Gasteiger partial charge < -0.3 is 5.32 Å². The molecule has 21 heavy (non-hydrogen) atoms. The van der Waals surface area contributed by atoms with Crippen LogP contribution in [0.15, 0.2) is 30.3 Å². The Bertz CT molecular complexity index is 419. The van der Waals surface area contributed by atoms with Crippen LogP contribution >= 0.6 is 0 Å². The number of rotatable bonds is 5. The summed E-state index contributed by atoms with van der Waals surface area (Å²) in [6, 6.07) is 12.7. The van der Waals surface area contributed by atoms with E-state index in [1.165, 1.54) is 31.5 Å². The molecule has 2 heteroatoms. The lowest BCUT2D eigenvalue weighted by Gasteiger charge is -2.30. The summed E-state index contributed by atoms with van der Waals surface area (Å²) in [6.45, 7) is 14.0. The van der Waals surface area contributed by atoms with E-state index in [2.05, 4.69) is 75.2 Å². The summed E-state index contributed by atoms with van der Waals surface area (Å²) < 4.78 is 0. The van der Waals surface area contributed by atoms with Crippen LogP contribution in [0.1, 0.15) is 59.1 Å². The largest absolute Gasteiger partial charge is 0.306 e. The SMILES string of the molecule is CC(C)N1CCC(NC(CC(C)(C)C)c2ccccc2)C1. The first-order valence-electron chi connectivity index (χ1n) is 8.40. The molecular weight excluding hydrogens is 256 g/mol. The summed E-state index contributed by atoms with van der Waals surface area (Å²) in [5, 5.41) is 3.93. The second-order valence-corrected chi connectivity index (χ2v) is 7.97. The average Bonchev–Trinajstić information content (AvgIpc) is 2.86. The highest BCUT2D eigenvalue weighted by Gasteiger charge is 2.28. The van der Waals surface area contributed by atoms with Crippen molar-refractivity contribution in [2.24, 2.45) is 5.41 Å². The molecule has 1 aliphatic heterocycles. The van der Waals surface area contributed by atoms with Crippen LogP contribution in [0.4, 0.5) is 0 Å². The van der Waals surface area contributed by atoms with Gasteiger partial charge in [-0.15, -0.1) is 0 Å². The van der Waals surface area contributed by atoms with Gasteiger partial charge in [-0.25, -0.2) is 0 Å². The summed E-state index contributed by atoms with van der Waals surface area (Å²) in [5.74, 6) is 0. The van der Waals surface area contributed by atoms with Gasteiger partial charge in [0.25, 0.3) is 0 Å². The first-order chi connectivity index (χ1) is 9.85. The standard InChI is InChI=1S/C19H32N2/c1-15(2)21-12-11-17(14-21)20-18(13-19(3,4)5)16-9-7-6-8-10-16/h6-10,15,17-18,20H,11-14H2,1-5H3. The number of likely N-dealkylation sites (tertiary alicyclic amines) is 1. The monoisotopic (exact) mass is 288 g/mol. The molecule has 0 amide bonds. The van der Waals surface area contributed by atoms with Gasteiger partial charge in [0.15, 0.2) is 0 Å². The molecular formula is C19H32N2. The van der Waals surface area contributed by atoms with E-state index in [-0.39, 0.29) is 0 Å². The number of nitrogens with one attached hydrogen (secondary N) is 1. The van der Waals surface area contributed by atoms with E-state index in [1.54, 1.807) is 0 Å². The quantitative estimate of drug-likeness (QED) is 0.872. The maximum Gasteiger partial charge on any atom is 0.0328 e. The van der Waals surface area contributed by atoms with E-state index in [0.29, 0.717) is 23.5 Å². The number of nitrogens with zero attached hydrogens (tertiary/aromatic N) is 1. The highest BCUT2D eigenvalue weighted by atomic mass is 15.2. The van der Waals surface area contributed by atoms with E-state index >= 15 is 0 Å². The van der Waals surface area contributed by atoms with E-state index < -0.39 is 0 Å². The molecule has 0 radical (unpaired) electrons. The lowest BCUT2D eigenvalue weighted by molar-refractivity contribution is 0.254. The van der Waals surface area contributed by atoms with Crippen LogP contribution in [-0.4, -0.2) is 30.1 Å². The Morgan fingerprint density at radius 2 is 1.86 bits per heavy atom. The molecule has 2 unspecified atom stereocenters. The Morgan fingerprint density at radius 3 is 2.38 bits per heavy atom. The van der Waals surface area contributed by atoms with E-state index in [1.807, 2.05) is 0 Å². The maximum absolute atomic E-state index is 3.93. The lowest BCUT2D eigenvalue weighted by atomic mass is 9.85. The minimum atomic E-state index is 0.337. The minimum Gasteiger partial charge on any atom is -0.306 e. The average molecular weight is 288 g/mol. The third kappa shape index (κ3) is 5.12. The topological polar surface area (TPSA) is 15.3 Å². The molecule has 2 nitrogen and oxygen atoms in total. The van der Waals surface area contributed by atoms with Crippen LogP contribution in [0.3, 0.4) is 0 Å². The zero-order valence-electron chi connectivity index (χ0n) is 14.4. The van der Waals surface area contributed by atoms with Gasteiger partial charge in [-0.1, -0.05) is 51.1 Å². The molecule has 2 atom stereocenters. The molecule has 1 N–H and O–H groups in total. The molecule has 1 aromatic rings. The van der Waals surface area contributed by atoms with Gasteiger partial charge in [-0.05, 0) is 44.2 Å². The molecule has 1 aliphatic rings. The van der Waals surface area contributed by atoms with Gasteiger partial charge in [0, 0.05) is 24.7 Å². The molecule has 0 aromatic heterocycles. The van der Waals surface area contributed by atoms with Crippen LogP contribution < -0.4 is 5.32 Å². The van der Waals surface area contributed by atoms with Crippen molar-refractivity contribution in [1.29, 1.82) is 0 Å². The fourth-order valence-electron chi connectivity index (χ4n) is 3.25. The molecule has 0 aliphatic carbocycles. The molecule has 1 fully saturated rings. The second-order valence-electron chi connectivity index (χ2n) is 7.97. The van der Waals surface area contributed by atoms with Crippen molar-refractivity contribution >= 4 is 0 Å². The summed E-state index contributed by atoms with van der Waals surface area (Å²) in [7, 11) is 0. The summed E-state index contributed by atoms with van der Waals surface area (Å²) in [5.41, 5.74) is 1.76. The summed E-state index contributed by atoms with van der Waals surface area (Å²) in [6.07, 6.45) is 2.45. The maximum atomic E-state index is 3.93. The van der Waals surface area contributed by atoms with E-state index in [0.717, 1.165) is 0 Å². The van der Waals surface area contributed by atoms with Crippen molar-refractivity contribution in [1.82, 2.24) is 10.2 Å². The van der Waals surface area contributed by atoms with Crippen molar-refractivity contribution < 1.29 is 0 Å². The molecule has 1 saturated heterocycles. The van der Waals surface area contributed by atoms with Crippen molar-refractivity contribution in [3.63, 3.8) is 0 Å². The van der Waals surface area contributed by atoms with Gasteiger partial charge >= 0.3 is 0 Å². The third-order valence-electron chi connectivity index (χ3n) is 4.41. The zero-order valence-corrected chi connectivity index (χ0v) is 14.4. The highest BCUT2D eigenvalue weighted by Crippen LogP contribution is 2.30. The third-order valence-corrected chi connectivity index (χ3v) is 4.41. The zero-order chi connectivity index (χ0) is 15.5. The van der Waals surface area contributed by atoms with Crippen LogP contribution in [0.5, 0.6) is 0 Å². The number of benzene rings is 1. The Balaban J connectivity index is 2.03. The van der Waals surface area contributed by atoms with Crippen molar-refractivity contribution in [3.05, 3.63) is 35.9 Å². The van der Waals surface area contributed by atoms with Crippen LogP contribution in [-0.2, 0) is 0 Å². The first-order valence-corrected chi connectivity index (χ1v) is 8.40. The number of hydrogen-bond acceptors (Lipinski definition) is 2. The van der Waals surface area contributed by atoms with Gasteiger partial charge in [0.1, 0.15) is 0 Å². The summed E-state index contributed by atoms with van der Waals surface area (Å²) >= 11 is 0. The second kappa shape index (κ2) is 6.93. The Labute approximate surface area is 130 Å². The lowest BCUT2D eigenvalue weighted by Crippen LogP contribution is -2.38. The molecule has 118 valence electrons. The van der Waals surface area contributed by atoms with E-state index in [4.69, 9.17) is 0 Å². The van der Waals surface area contributed by atoms with Crippen LogP contribution in [0.2, 0.25) is 0 Å².